The summed E-state index contributed by atoms with van der Waals surface area (Å²) in [4.78, 5) is 13.5. The molecule has 0 aromatic carbocycles. The lowest BCUT2D eigenvalue weighted by Gasteiger charge is -2.40. The van der Waals surface area contributed by atoms with Crippen LogP contribution in [0, 0.1) is 0 Å². The topological polar surface area (TPSA) is 32.3 Å². The molecule has 0 spiro atoms. The highest BCUT2D eigenvalue weighted by Gasteiger charge is 2.25. The van der Waals surface area contributed by atoms with Crippen LogP contribution in [0.25, 0.3) is 0 Å². The molecule has 2 aliphatic rings. The van der Waals surface area contributed by atoms with Crippen LogP contribution in [-0.2, 0) is 0 Å². The molecule has 0 unspecified atom stereocenters. The van der Waals surface area contributed by atoms with Gasteiger partial charge in [-0.3, -0.25) is 4.90 Å². The van der Waals surface area contributed by atoms with E-state index in [1.807, 2.05) is 0 Å². The number of hydrogen-bond donors (Lipinski definition) is 0. The van der Waals surface area contributed by atoms with Crippen molar-refractivity contribution in [1.29, 1.82) is 0 Å². The van der Waals surface area contributed by atoms with Crippen molar-refractivity contribution < 1.29 is 0 Å². The van der Waals surface area contributed by atoms with Crippen molar-refractivity contribution in [2.24, 2.45) is 0 Å². The average molecular weight is 281 g/mol. The monoisotopic (exact) mass is 280 g/mol. The molecule has 19 heavy (non-hydrogen) atoms. The molecule has 0 radical (unpaired) electrons. The molecule has 5 heteroatoms. The second-order valence-electron chi connectivity index (χ2n) is 5.52. The summed E-state index contributed by atoms with van der Waals surface area (Å²) in [5, 5.41) is 0.601. The first kappa shape index (κ1) is 13.1. The predicted molar refractivity (Wildman–Crippen MR) is 77.7 cm³/mol. The molecular formula is C14H21ClN4. The standard InChI is InChI=1S/C14H21ClN4/c15-12-10-16-14(17-11-12)19-8-6-18(7-9-19)13-4-2-1-3-5-13/h10-11,13H,1-9H2. The highest BCUT2D eigenvalue weighted by molar-refractivity contribution is 6.30. The summed E-state index contributed by atoms with van der Waals surface area (Å²) in [5.41, 5.74) is 0. The smallest absolute Gasteiger partial charge is 0.225 e. The van der Waals surface area contributed by atoms with Gasteiger partial charge in [-0.25, -0.2) is 9.97 Å². The molecule has 1 aliphatic carbocycles. The zero-order chi connectivity index (χ0) is 13.1. The molecule has 1 aliphatic heterocycles. The number of hydrogen-bond acceptors (Lipinski definition) is 4. The molecule has 2 heterocycles. The minimum absolute atomic E-state index is 0.601. The Morgan fingerprint density at radius 3 is 2.21 bits per heavy atom. The van der Waals surface area contributed by atoms with Gasteiger partial charge in [0.2, 0.25) is 5.95 Å². The molecule has 0 amide bonds. The van der Waals surface area contributed by atoms with E-state index in [9.17, 15) is 0 Å². The minimum atomic E-state index is 0.601. The lowest BCUT2D eigenvalue weighted by atomic mass is 9.94. The molecule has 0 N–H and O–H groups in total. The summed E-state index contributed by atoms with van der Waals surface area (Å²) >= 11 is 5.82. The maximum atomic E-state index is 5.82. The van der Waals surface area contributed by atoms with Gasteiger partial charge in [0.05, 0.1) is 17.4 Å². The number of rotatable bonds is 2. The van der Waals surface area contributed by atoms with Gasteiger partial charge in [-0.1, -0.05) is 30.9 Å². The highest BCUT2D eigenvalue weighted by Crippen LogP contribution is 2.24. The van der Waals surface area contributed by atoms with Crippen molar-refractivity contribution in [2.45, 2.75) is 38.1 Å². The Balaban J connectivity index is 1.55. The van der Waals surface area contributed by atoms with Crippen LogP contribution in [0.5, 0.6) is 0 Å². The Bertz CT molecular complexity index is 394. The molecule has 104 valence electrons. The van der Waals surface area contributed by atoms with Crippen LogP contribution in [0.4, 0.5) is 5.95 Å². The van der Waals surface area contributed by atoms with Crippen molar-refractivity contribution in [2.75, 3.05) is 31.1 Å². The molecule has 1 saturated heterocycles. The molecule has 3 rings (SSSR count). The van der Waals surface area contributed by atoms with Gasteiger partial charge in [0.25, 0.3) is 0 Å². The maximum absolute atomic E-state index is 5.82. The molecule has 1 aromatic heterocycles. The van der Waals surface area contributed by atoms with Crippen LogP contribution in [-0.4, -0.2) is 47.1 Å². The third kappa shape index (κ3) is 3.18. The lowest BCUT2D eigenvalue weighted by molar-refractivity contribution is 0.147. The summed E-state index contributed by atoms with van der Waals surface area (Å²) in [6.45, 7) is 4.32. The zero-order valence-electron chi connectivity index (χ0n) is 11.3. The Morgan fingerprint density at radius 1 is 0.947 bits per heavy atom. The van der Waals surface area contributed by atoms with Gasteiger partial charge in [0.1, 0.15) is 0 Å². The van der Waals surface area contributed by atoms with Crippen molar-refractivity contribution in [3.05, 3.63) is 17.4 Å². The second kappa shape index (κ2) is 6.06. The van der Waals surface area contributed by atoms with Gasteiger partial charge in [-0.05, 0) is 12.8 Å². The number of piperazine rings is 1. The Hall–Kier alpha value is -0.870. The fourth-order valence-corrected chi connectivity index (χ4v) is 3.30. The van der Waals surface area contributed by atoms with Crippen LogP contribution in [0.3, 0.4) is 0 Å². The summed E-state index contributed by atoms with van der Waals surface area (Å²) in [5.74, 6) is 0.813. The Morgan fingerprint density at radius 2 is 1.58 bits per heavy atom. The number of anilines is 1. The summed E-state index contributed by atoms with van der Waals surface area (Å²) in [7, 11) is 0. The minimum Gasteiger partial charge on any atom is -0.338 e. The van der Waals surface area contributed by atoms with E-state index < -0.39 is 0 Å². The van der Waals surface area contributed by atoms with E-state index in [0.29, 0.717) is 5.02 Å². The van der Waals surface area contributed by atoms with Crippen LogP contribution in [0.1, 0.15) is 32.1 Å². The normalized spacial score (nSPS) is 22.7. The first-order chi connectivity index (χ1) is 9.33. The van der Waals surface area contributed by atoms with Gasteiger partial charge in [0, 0.05) is 32.2 Å². The van der Waals surface area contributed by atoms with E-state index in [1.165, 1.54) is 32.1 Å². The fourth-order valence-electron chi connectivity index (χ4n) is 3.20. The first-order valence-corrected chi connectivity index (χ1v) is 7.67. The van der Waals surface area contributed by atoms with Crippen molar-refractivity contribution in [3.63, 3.8) is 0 Å². The Labute approximate surface area is 119 Å². The zero-order valence-corrected chi connectivity index (χ0v) is 12.0. The van der Waals surface area contributed by atoms with Crippen LogP contribution in [0.2, 0.25) is 5.02 Å². The molecule has 1 aromatic rings. The fraction of sp³-hybridized carbons (Fsp3) is 0.714. The number of nitrogens with zero attached hydrogens (tertiary/aromatic N) is 4. The SMILES string of the molecule is Clc1cnc(N2CCN(C3CCCCC3)CC2)nc1. The average Bonchev–Trinajstić information content (AvgIpc) is 2.49. The van der Waals surface area contributed by atoms with Gasteiger partial charge < -0.3 is 4.90 Å². The molecule has 2 fully saturated rings. The molecule has 0 atom stereocenters. The highest BCUT2D eigenvalue weighted by atomic mass is 35.5. The van der Waals surface area contributed by atoms with Gasteiger partial charge in [-0.15, -0.1) is 0 Å². The van der Waals surface area contributed by atoms with E-state index in [0.717, 1.165) is 38.2 Å². The van der Waals surface area contributed by atoms with Crippen LogP contribution in [0.15, 0.2) is 12.4 Å². The molecule has 0 bridgehead atoms. The summed E-state index contributed by atoms with van der Waals surface area (Å²) in [6, 6.07) is 0.821. The van der Waals surface area contributed by atoms with E-state index in [1.54, 1.807) is 12.4 Å². The lowest BCUT2D eigenvalue weighted by Crippen LogP contribution is -2.51. The molecule has 1 saturated carbocycles. The number of aromatic nitrogens is 2. The van der Waals surface area contributed by atoms with Gasteiger partial charge in [-0.2, -0.15) is 0 Å². The van der Waals surface area contributed by atoms with Crippen LogP contribution >= 0.6 is 11.6 Å². The third-order valence-electron chi connectivity index (χ3n) is 4.29. The largest absolute Gasteiger partial charge is 0.338 e. The predicted octanol–water partition coefficient (Wildman–Crippen LogP) is 2.58. The van der Waals surface area contributed by atoms with Crippen LogP contribution < -0.4 is 4.90 Å². The van der Waals surface area contributed by atoms with Crippen molar-refractivity contribution >= 4 is 17.5 Å². The summed E-state index contributed by atoms with van der Waals surface area (Å²) < 4.78 is 0. The van der Waals surface area contributed by atoms with Crippen molar-refractivity contribution in [1.82, 2.24) is 14.9 Å². The molecular weight excluding hydrogens is 260 g/mol. The van der Waals surface area contributed by atoms with E-state index in [-0.39, 0.29) is 0 Å². The van der Waals surface area contributed by atoms with Gasteiger partial charge in [0.15, 0.2) is 0 Å². The second-order valence-corrected chi connectivity index (χ2v) is 5.95. The quantitative estimate of drug-likeness (QED) is 0.834. The Kier molecular flexibility index (Phi) is 4.18. The van der Waals surface area contributed by atoms with Gasteiger partial charge >= 0.3 is 0 Å². The third-order valence-corrected chi connectivity index (χ3v) is 4.49. The van der Waals surface area contributed by atoms with E-state index in [2.05, 4.69) is 19.8 Å². The van der Waals surface area contributed by atoms with E-state index in [4.69, 9.17) is 11.6 Å². The van der Waals surface area contributed by atoms with Crippen molar-refractivity contribution in [3.8, 4) is 0 Å². The maximum Gasteiger partial charge on any atom is 0.225 e. The number of halogens is 1. The molecule has 4 nitrogen and oxygen atoms in total. The summed E-state index contributed by atoms with van der Waals surface area (Å²) in [6.07, 6.45) is 10.4. The van der Waals surface area contributed by atoms with E-state index >= 15 is 0 Å². The first-order valence-electron chi connectivity index (χ1n) is 7.29.